The molecule has 0 radical (unpaired) electrons. The van der Waals surface area contributed by atoms with E-state index in [0.29, 0.717) is 34.0 Å². The first-order valence-electron chi connectivity index (χ1n) is 31.0. The normalized spacial score (nSPS) is 18.9. The Hall–Kier alpha value is -5.57. The van der Waals surface area contributed by atoms with Crippen molar-refractivity contribution >= 4 is 11.0 Å². The predicted molar refractivity (Wildman–Crippen MR) is 261 cm³/mol. The van der Waals surface area contributed by atoms with E-state index in [-0.39, 0.29) is 55.0 Å². The second-order valence-corrected chi connectivity index (χ2v) is 16.9. The van der Waals surface area contributed by atoms with Crippen molar-refractivity contribution in [2.45, 2.75) is 105 Å². The summed E-state index contributed by atoms with van der Waals surface area (Å²) >= 11 is 0. The molecule has 0 aliphatic rings. The van der Waals surface area contributed by atoms with Gasteiger partial charge in [-0.25, -0.2) is 4.98 Å². The molecule has 4 nitrogen and oxygen atoms in total. The Bertz CT molecular complexity index is 3710. The van der Waals surface area contributed by atoms with Crippen molar-refractivity contribution < 1.29 is 56.3 Å². The average Bonchev–Trinajstić information content (AvgIpc) is 1.09. The van der Waals surface area contributed by atoms with E-state index in [1.165, 1.54) is 22.8 Å². The number of imidazole rings is 1. The van der Waals surface area contributed by atoms with E-state index in [1.54, 1.807) is 68.6 Å². The molecule has 0 aliphatic carbocycles. The van der Waals surface area contributed by atoms with Crippen molar-refractivity contribution in [1.29, 1.82) is 0 Å². The van der Waals surface area contributed by atoms with E-state index in [1.807, 2.05) is 69.3 Å². The summed E-state index contributed by atoms with van der Waals surface area (Å²) in [6, 6.07) is 37.0. The van der Waals surface area contributed by atoms with Crippen LogP contribution >= 0.6 is 0 Å². The summed E-state index contributed by atoms with van der Waals surface area (Å²) in [4.78, 5) is 9.76. The van der Waals surface area contributed by atoms with E-state index in [0.717, 1.165) is 22.3 Å². The fourth-order valence-corrected chi connectivity index (χ4v) is 7.63. The Kier molecular flexibility index (Phi) is 6.84. The summed E-state index contributed by atoms with van der Waals surface area (Å²) < 4.78 is 194. The third-order valence-electron chi connectivity index (χ3n) is 11.1. The molecule has 5 heteroatoms. The minimum atomic E-state index is -4.23. The van der Waals surface area contributed by atoms with Gasteiger partial charge < -0.3 is 5.11 Å². The van der Waals surface area contributed by atoms with Crippen LogP contribution < -0.4 is 0 Å². The number of hydrogen-bond donors (Lipinski definition) is 1. The van der Waals surface area contributed by atoms with Gasteiger partial charge in [0.25, 0.3) is 0 Å². The van der Waals surface area contributed by atoms with Crippen molar-refractivity contribution in [3.05, 3.63) is 167 Å². The topological polar surface area (TPSA) is 50.9 Å². The summed E-state index contributed by atoms with van der Waals surface area (Å²) in [5.41, 5.74) is -7.58. The molecule has 0 fully saturated rings. The molecule has 1 N–H and O–H groups in total. The SMILES string of the molecule is [2H]C([2H])([2H])c1cc(-c2ccccc2)ccc1-n1c(-c2cc(C(C([2H])([2H])[2H])(C([2H])([2H])[2H])C([2H])([2H])[2H])cc(C(C([2H])([2H])[2H])(C([2H])([2H])[2H])C([2H])([2H])[2H])c2O)nc2c(-c3[c-]c(-c4cc(-c5ccc(C([2H])(C)C)cc5)ccn4)cc(C(C)(C)C)c3)cccc21.[Pt]. The van der Waals surface area contributed by atoms with Crippen LogP contribution in [0.25, 0.3) is 72.7 Å². The Balaban J connectivity index is 0.0000104. The van der Waals surface area contributed by atoms with Gasteiger partial charge in [0.05, 0.1) is 22.3 Å². The van der Waals surface area contributed by atoms with Gasteiger partial charge in [-0.2, -0.15) is 0 Å². The van der Waals surface area contributed by atoms with Crippen LogP contribution in [0.15, 0.2) is 134 Å². The van der Waals surface area contributed by atoms with Crippen molar-refractivity contribution in [3.63, 3.8) is 0 Å². The minimum absolute atomic E-state index is 0. The molecule has 0 saturated heterocycles. The van der Waals surface area contributed by atoms with Crippen molar-refractivity contribution in [2.75, 3.05) is 0 Å². The number of fused-ring (bicyclic) bond motifs is 1. The maximum absolute atomic E-state index is 13.0. The molecule has 0 saturated carbocycles. The van der Waals surface area contributed by atoms with Crippen LogP contribution in [0.1, 0.15) is 140 Å². The fourth-order valence-electron chi connectivity index (χ4n) is 7.63. The number of benzene rings is 6. The fraction of sp³-hybridized carbons (Fsp3) is 0.276. The monoisotopic (exact) mass is 1030 g/mol. The Morgan fingerprint density at radius 2 is 1.32 bits per heavy atom. The standard InChI is InChI=1S/C58H60N3O.Pt/c1-36(2)38-21-23-40(24-22-38)42-27-28-59-50(33-42)44-30-43(31-45(32-44)56(4,5)6)47-19-16-20-52-53(47)60-55(48-34-46(57(7,8)9)35-49(54(48)62)58(10,11)12)61(52)51-26-25-41(29-37(51)3)39-17-14-13-15-18-39;/h13-29,31-36,62H,1-12H3;/q-1;/i3D3,7D3,8D3,9D3,10D3,11D3,12D3,36D;. The van der Waals surface area contributed by atoms with E-state index in [4.69, 9.17) is 40.1 Å². The van der Waals surface area contributed by atoms with Crippen LogP contribution in [0.4, 0.5) is 0 Å². The van der Waals surface area contributed by atoms with Crippen LogP contribution in [-0.4, -0.2) is 19.6 Å². The maximum Gasteiger partial charge on any atom is 0.148 e. The number of aromatic hydroxyl groups is 1. The minimum Gasteiger partial charge on any atom is -0.507 e. The van der Waals surface area contributed by atoms with Crippen molar-refractivity contribution in [1.82, 2.24) is 14.5 Å². The number of aryl methyl sites for hydroxylation is 1. The van der Waals surface area contributed by atoms with Crippen molar-refractivity contribution in [3.8, 4) is 67.5 Å². The number of nitrogens with zero attached hydrogens (tertiary/aromatic N) is 3. The molecule has 324 valence electrons. The largest absolute Gasteiger partial charge is 0.507 e. The Morgan fingerprint density at radius 3 is 2.00 bits per heavy atom. The zero-order valence-corrected chi connectivity index (χ0v) is 37.6. The zero-order valence-electron chi connectivity index (χ0n) is 57.3. The second-order valence-electron chi connectivity index (χ2n) is 16.9. The first-order chi connectivity index (χ1) is 38.3. The molecule has 0 aliphatic heterocycles. The number of para-hydroxylation sites is 1. The van der Waals surface area contributed by atoms with Crippen LogP contribution in [0, 0.1) is 12.9 Å². The molecule has 8 rings (SSSR count). The molecule has 0 atom stereocenters. The van der Waals surface area contributed by atoms with Gasteiger partial charge in [0.2, 0.25) is 0 Å². The van der Waals surface area contributed by atoms with Gasteiger partial charge in [-0.15, -0.1) is 29.3 Å². The number of phenols is 1. The van der Waals surface area contributed by atoms with Gasteiger partial charge in [0.1, 0.15) is 11.6 Å². The zero-order chi connectivity index (χ0) is 62.7. The quantitative estimate of drug-likeness (QED) is 0.162. The molecule has 2 aromatic heterocycles. The summed E-state index contributed by atoms with van der Waals surface area (Å²) in [5.74, 6) is -3.00. The third kappa shape index (κ3) is 9.11. The smallest absolute Gasteiger partial charge is 0.148 e. The number of pyridine rings is 1. The summed E-state index contributed by atoms with van der Waals surface area (Å²) in [6.45, 7) is -18.5. The summed E-state index contributed by atoms with van der Waals surface area (Å²) in [7, 11) is 0. The number of phenolic OH excluding ortho intramolecular Hbond substituents is 1. The molecule has 8 aromatic rings. The molecule has 0 amide bonds. The molecule has 63 heavy (non-hydrogen) atoms. The van der Waals surface area contributed by atoms with Crippen LogP contribution in [-0.2, 0) is 37.3 Å². The Labute approximate surface area is 420 Å². The van der Waals surface area contributed by atoms with Crippen LogP contribution in [0.2, 0.25) is 0 Å². The molecule has 0 spiro atoms. The molecule has 0 bridgehead atoms. The van der Waals surface area contributed by atoms with Gasteiger partial charge in [-0.3, -0.25) is 9.55 Å². The van der Waals surface area contributed by atoms with E-state index >= 15 is 0 Å². The predicted octanol–water partition coefficient (Wildman–Crippen LogP) is 15.6. The van der Waals surface area contributed by atoms with E-state index < -0.39 is 98.4 Å². The maximum atomic E-state index is 13.0. The van der Waals surface area contributed by atoms with Crippen molar-refractivity contribution in [2.24, 2.45) is 0 Å². The van der Waals surface area contributed by atoms with Gasteiger partial charge in [-0.05, 0) is 98.3 Å². The van der Waals surface area contributed by atoms with Gasteiger partial charge in [0.15, 0.2) is 0 Å². The van der Waals surface area contributed by atoms with Crippen LogP contribution in [0.5, 0.6) is 5.75 Å². The first kappa shape index (κ1) is 25.1. The van der Waals surface area contributed by atoms with E-state index in [2.05, 4.69) is 6.07 Å². The number of aromatic nitrogens is 3. The summed E-state index contributed by atoms with van der Waals surface area (Å²) in [6.07, 6.45) is 1.64. The third-order valence-corrected chi connectivity index (χ3v) is 11.1. The molecular formula is C58H60N3OPt-. The van der Waals surface area contributed by atoms with Gasteiger partial charge in [-0.1, -0.05) is 172 Å². The number of hydrogen-bond acceptors (Lipinski definition) is 3. The average molecular weight is 1030 g/mol. The van der Waals surface area contributed by atoms with Gasteiger partial charge >= 0.3 is 0 Å². The van der Waals surface area contributed by atoms with Gasteiger partial charge in [0, 0.05) is 68.7 Å². The molecule has 0 unspecified atom stereocenters. The first-order valence-corrected chi connectivity index (χ1v) is 20.0. The second kappa shape index (κ2) is 17.2. The van der Waals surface area contributed by atoms with E-state index in [9.17, 15) is 5.11 Å². The molecular weight excluding hydrogens is 950 g/mol. The summed E-state index contributed by atoms with van der Waals surface area (Å²) in [5, 5.41) is 13.0. The molecule has 2 heterocycles. The molecule has 6 aromatic carbocycles. The number of rotatable bonds is 7. The van der Waals surface area contributed by atoms with Crippen LogP contribution in [0.3, 0.4) is 0 Å². The Morgan fingerprint density at radius 1 is 0.651 bits per heavy atom.